The second-order valence-electron chi connectivity index (χ2n) is 6.56. The largest absolute Gasteiger partial charge is 0.467 e. The molecule has 2 aromatic rings. The topological polar surface area (TPSA) is 76.0 Å². The van der Waals surface area contributed by atoms with Crippen LogP contribution in [0.5, 0.6) is 11.5 Å². The quantitative estimate of drug-likeness (QED) is 0.781. The number of fused-ring (bicyclic) bond motifs is 1. The second-order valence-corrected chi connectivity index (χ2v) is 6.94. The predicted molar refractivity (Wildman–Crippen MR) is 104 cm³/mol. The van der Waals surface area contributed by atoms with Crippen LogP contribution in [0.15, 0.2) is 41.0 Å². The summed E-state index contributed by atoms with van der Waals surface area (Å²) in [7, 11) is 0. The van der Waals surface area contributed by atoms with Gasteiger partial charge in [-0.25, -0.2) is 0 Å². The lowest BCUT2D eigenvalue weighted by Crippen LogP contribution is -2.45. The van der Waals surface area contributed by atoms with Gasteiger partial charge in [0.2, 0.25) is 12.7 Å². The molecule has 1 aromatic carbocycles. The number of hydrogen-bond acceptors (Lipinski definition) is 5. The number of rotatable bonds is 4. The molecule has 1 saturated heterocycles. The maximum absolute atomic E-state index is 12.6. The first-order chi connectivity index (χ1) is 13.2. The number of carbonyl (C=O) groups is 1. The zero-order valence-electron chi connectivity index (χ0n) is 14.8. The molecule has 4 rings (SSSR count). The van der Waals surface area contributed by atoms with E-state index >= 15 is 0 Å². The van der Waals surface area contributed by atoms with Crippen LogP contribution >= 0.6 is 12.2 Å². The molecule has 0 saturated carbocycles. The van der Waals surface area contributed by atoms with Crippen LogP contribution in [0.3, 0.4) is 0 Å². The van der Waals surface area contributed by atoms with Gasteiger partial charge >= 0.3 is 0 Å². The van der Waals surface area contributed by atoms with E-state index in [1.165, 1.54) is 0 Å². The number of hydrogen-bond donors (Lipinski definition) is 2. The van der Waals surface area contributed by atoms with E-state index in [0.717, 1.165) is 37.4 Å². The van der Waals surface area contributed by atoms with E-state index in [1.54, 1.807) is 12.3 Å². The van der Waals surface area contributed by atoms with E-state index in [4.69, 9.17) is 26.1 Å². The Morgan fingerprint density at radius 1 is 1.19 bits per heavy atom. The third-order valence-electron chi connectivity index (χ3n) is 4.79. The van der Waals surface area contributed by atoms with Gasteiger partial charge in [0.25, 0.3) is 0 Å². The molecule has 0 radical (unpaired) electrons. The number of amides is 1. The molecule has 0 aliphatic carbocycles. The lowest BCUT2D eigenvalue weighted by atomic mass is 9.96. The maximum atomic E-state index is 12.6. The number of likely N-dealkylation sites (tertiary alicyclic amines) is 1. The minimum absolute atomic E-state index is 0.0282. The molecule has 0 spiro atoms. The Hall–Kier alpha value is -2.74. The molecule has 0 atom stereocenters. The molecule has 1 amide bonds. The number of piperidine rings is 1. The smallest absolute Gasteiger partial charge is 0.231 e. The standard InChI is InChI=1S/C19H21N3O4S/c23-18(21-14-3-4-16-17(10-14)26-12-25-16)13-5-7-22(8-6-13)19(27)20-11-15-2-1-9-24-15/h1-4,9-10,13H,5-8,11-12H2,(H,20,27)(H,21,23). The molecule has 2 N–H and O–H groups in total. The number of carbonyl (C=O) groups excluding carboxylic acids is 1. The summed E-state index contributed by atoms with van der Waals surface area (Å²) < 4.78 is 15.9. The van der Waals surface area contributed by atoms with Crippen LogP contribution in [0, 0.1) is 5.92 Å². The molecular weight excluding hydrogens is 366 g/mol. The molecule has 2 aliphatic heterocycles. The second kappa shape index (κ2) is 7.87. The van der Waals surface area contributed by atoms with E-state index in [-0.39, 0.29) is 18.6 Å². The van der Waals surface area contributed by atoms with Crippen molar-refractivity contribution in [3.8, 4) is 11.5 Å². The lowest BCUT2D eigenvalue weighted by molar-refractivity contribution is -0.120. The Balaban J connectivity index is 1.24. The molecular formula is C19H21N3O4S. The van der Waals surface area contributed by atoms with Gasteiger partial charge in [-0.05, 0) is 49.3 Å². The van der Waals surface area contributed by atoms with Crippen molar-refractivity contribution in [3.63, 3.8) is 0 Å². The van der Waals surface area contributed by atoms with Crippen molar-refractivity contribution in [1.82, 2.24) is 10.2 Å². The minimum Gasteiger partial charge on any atom is -0.467 e. The summed E-state index contributed by atoms with van der Waals surface area (Å²) in [5.74, 6) is 2.21. The molecule has 1 aromatic heterocycles. The van der Waals surface area contributed by atoms with Crippen molar-refractivity contribution in [1.29, 1.82) is 0 Å². The summed E-state index contributed by atoms with van der Waals surface area (Å²) in [6, 6.07) is 9.19. The van der Waals surface area contributed by atoms with Crippen LogP contribution in [0.25, 0.3) is 0 Å². The fourth-order valence-electron chi connectivity index (χ4n) is 3.25. The summed E-state index contributed by atoms with van der Waals surface area (Å²) in [4.78, 5) is 14.7. The van der Waals surface area contributed by atoms with Crippen LogP contribution in [0.2, 0.25) is 0 Å². The Bertz CT molecular complexity index is 816. The van der Waals surface area contributed by atoms with Crippen molar-refractivity contribution >= 4 is 28.9 Å². The number of anilines is 1. The fourth-order valence-corrected chi connectivity index (χ4v) is 3.51. The summed E-state index contributed by atoms with van der Waals surface area (Å²) in [6.07, 6.45) is 3.17. The van der Waals surface area contributed by atoms with Gasteiger partial charge in [-0.2, -0.15) is 0 Å². The fraction of sp³-hybridized carbons (Fsp3) is 0.368. The van der Waals surface area contributed by atoms with Crippen LogP contribution < -0.4 is 20.1 Å². The van der Waals surface area contributed by atoms with Crippen LogP contribution in [0.1, 0.15) is 18.6 Å². The van der Waals surface area contributed by atoms with Gasteiger partial charge in [-0.3, -0.25) is 4.79 Å². The number of ether oxygens (including phenoxy) is 2. The number of furan rings is 1. The van der Waals surface area contributed by atoms with Gasteiger partial charge in [-0.1, -0.05) is 0 Å². The molecule has 2 aliphatic rings. The Morgan fingerprint density at radius 2 is 2.00 bits per heavy atom. The van der Waals surface area contributed by atoms with E-state index < -0.39 is 0 Å². The monoisotopic (exact) mass is 387 g/mol. The summed E-state index contributed by atoms with van der Waals surface area (Å²) >= 11 is 5.45. The van der Waals surface area contributed by atoms with Gasteiger partial charge in [0, 0.05) is 30.8 Å². The van der Waals surface area contributed by atoms with E-state index in [2.05, 4.69) is 15.5 Å². The molecule has 3 heterocycles. The van der Waals surface area contributed by atoms with Gasteiger partial charge < -0.3 is 29.4 Å². The highest BCUT2D eigenvalue weighted by atomic mass is 32.1. The molecule has 0 bridgehead atoms. The molecule has 142 valence electrons. The SMILES string of the molecule is O=C(Nc1ccc2c(c1)OCO2)C1CCN(C(=S)NCc2ccco2)CC1. The molecule has 27 heavy (non-hydrogen) atoms. The van der Waals surface area contributed by atoms with Crippen molar-refractivity contribution in [2.75, 3.05) is 25.2 Å². The van der Waals surface area contributed by atoms with Crippen LogP contribution in [-0.4, -0.2) is 35.8 Å². The lowest BCUT2D eigenvalue weighted by Gasteiger charge is -2.33. The van der Waals surface area contributed by atoms with Crippen molar-refractivity contribution in [2.45, 2.75) is 19.4 Å². The number of thiocarbonyl (C=S) groups is 1. The number of nitrogens with zero attached hydrogens (tertiary/aromatic N) is 1. The van der Waals surface area contributed by atoms with Crippen LogP contribution in [-0.2, 0) is 11.3 Å². The first-order valence-corrected chi connectivity index (χ1v) is 9.35. The van der Waals surface area contributed by atoms with Gasteiger partial charge in [-0.15, -0.1) is 0 Å². The average molecular weight is 387 g/mol. The summed E-state index contributed by atoms with van der Waals surface area (Å²) in [5.41, 5.74) is 0.724. The molecule has 0 unspecified atom stereocenters. The van der Waals surface area contributed by atoms with E-state index in [9.17, 15) is 4.79 Å². The van der Waals surface area contributed by atoms with Crippen molar-refractivity contribution in [3.05, 3.63) is 42.4 Å². The van der Waals surface area contributed by atoms with E-state index in [1.807, 2.05) is 24.3 Å². The van der Waals surface area contributed by atoms with Gasteiger partial charge in [0.1, 0.15) is 5.76 Å². The predicted octanol–water partition coefficient (Wildman–Crippen LogP) is 2.73. The van der Waals surface area contributed by atoms with Gasteiger partial charge in [0.15, 0.2) is 16.6 Å². The first-order valence-electron chi connectivity index (χ1n) is 8.95. The summed E-state index contributed by atoms with van der Waals surface area (Å²) in [6.45, 7) is 2.29. The summed E-state index contributed by atoms with van der Waals surface area (Å²) in [5, 5.41) is 6.87. The minimum atomic E-state index is -0.0282. The van der Waals surface area contributed by atoms with E-state index in [0.29, 0.717) is 23.2 Å². The maximum Gasteiger partial charge on any atom is 0.231 e. The normalized spacial score (nSPS) is 16.2. The van der Waals surface area contributed by atoms with Gasteiger partial charge in [0.05, 0.1) is 12.8 Å². The third kappa shape index (κ3) is 4.16. The number of benzene rings is 1. The Kier molecular flexibility index (Phi) is 5.15. The van der Waals surface area contributed by atoms with Crippen LogP contribution in [0.4, 0.5) is 5.69 Å². The molecule has 8 heteroatoms. The average Bonchev–Trinajstić information content (AvgIpc) is 3.37. The molecule has 7 nitrogen and oxygen atoms in total. The Morgan fingerprint density at radius 3 is 2.78 bits per heavy atom. The first kappa shape index (κ1) is 17.7. The van der Waals surface area contributed by atoms with Crippen molar-refractivity contribution in [2.24, 2.45) is 5.92 Å². The highest BCUT2D eigenvalue weighted by Crippen LogP contribution is 2.34. The highest BCUT2D eigenvalue weighted by Gasteiger charge is 2.26. The molecule has 1 fully saturated rings. The Labute approximate surface area is 162 Å². The zero-order chi connectivity index (χ0) is 18.6. The number of nitrogens with one attached hydrogen (secondary N) is 2. The third-order valence-corrected chi connectivity index (χ3v) is 5.19. The highest BCUT2D eigenvalue weighted by molar-refractivity contribution is 7.80. The van der Waals surface area contributed by atoms with Crippen molar-refractivity contribution < 1.29 is 18.7 Å². The zero-order valence-corrected chi connectivity index (χ0v) is 15.6.